The van der Waals surface area contributed by atoms with Crippen molar-refractivity contribution in [3.8, 4) is 67.0 Å². The molecule has 0 amide bonds. The van der Waals surface area contributed by atoms with Crippen LogP contribution >= 0.6 is 11.3 Å². The van der Waals surface area contributed by atoms with Crippen molar-refractivity contribution in [3.63, 3.8) is 0 Å². The molecule has 0 spiro atoms. The number of H-pyrrole nitrogens is 1. The summed E-state index contributed by atoms with van der Waals surface area (Å²) >= 11 is 1.81. The Labute approximate surface area is 327 Å². The van der Waals surface area contributed by atoms with Crippen LogP contribution in [0.4, 0.5) is 0 Å². The zero-order valence-electron chi connectivity index (χ0n) is 30.1. The SMILES string of the molecule is c1ccc(-c2ccc(-c3ccccc3)c(-c3cccc4c3[nH]c3ccccc34)c2-c2c(-c3ccccc3)nnnc2-c2cccc3sc4ccccc4c23)cc1. The van der Waals surface area contributed by atoms with E-state index < -0.39 is 0 Å². The molecule has 3 heterocycles. The third-order valence-electron chi connectivity index (χ3n) is 10.9. The van der Waals surface area contributed by atoms with Crippen molar-refractivity contribution in [1.82, 2.24) is 20.4 Å². The lowest BCUT2D eigenvalue weighted by Gasteiger charge is -2.24. The minimum Gasteiger partial charge on any atom is -0.354 e. The number of hydrogen-bond acceptors (Lipinski definition) is 4. The molecule has 0 atom stereocenters. The Morgan fingerprint density at radius 1 is 0.357 bits per heavy atom. The Hall–Kier alpha value is -7.21. The van der Waals surface area contributed by atoms with E-state index in [0.29, 0.717) is 0 Å². The Morgan fingerprint density at radius 3 is 1.66 bits per heavy atom. The van der Waals surface area contributed by atoms with E-state index in [1.54, 1.807) is 0 Å². The second-order valence-electron chi connectivity index (χ2n) is 14.0. The highest BCUT2D eigenvalue weighted by Gasteiger charge is 2.29. The Balaban J connectivity index is 1.37. The van der Waals surface area contributed by atoms with Crippen molar-refractivity contribution in [2.45, 2.75) is 0 Å². The molecule has 0 fully saturated rings. The standard InChI is InChI=1S/C51H32N4S/c1-4-16-32(17-5-1)35-30-31-36(33-18-6-2-7-19-33)47(46(35)41-25-14-24-38-37-22-10-12-27-42(37)52-50(38)41)48-49(34-20-8-3-9-21-34)53-55-54-51(48)40-26-15-29-44-45(40)39-23-11-13-28-43(39)56-44/h1-31,52H. The van der Waals surface area contributed by atoms with Crippen molar-refractivity contribution in [2.75, 3.05) is 0 Å². The molecule has 1 N–H and O–H groups in total. The van der Waals surface area contributed by atoms with Gasteiger partial charge in [-0.1, -0.05) is 170 Å². The molecule has 3 aromatic heterocycles. The highest BCUT2D eigenvalue weighted by Crippen LogP contribution is 2.52. The van der Waals surface area contributed by atoms with Gasteiger partial charge in [0.2, 0.25) is 0 Å². The smallest absolute Gasteiger partial charge is 0.105 e. The van der Waals surface area contributed by atoms with Crippen LogP contribution in [-0.2, 0) is 0 Å². The zero-order valence-corrected chi connectivity index (χ0v) is 31.0. The summed E-state index contributed by atoms with van der Waals surface area (Å²) in [6.45, 7) is 0. The summed E-state index contributed by atoms with van der Waals surface area (Å²) in [4.78, 5) is 3.85. The minimum atomic E-state index is 0.777. The van der Waals surface area contributed by atoms with Crippen LogP contribution in [0.25, 0.3) is 109 Å². The average Bonchev–Trinajstić information content (AvgIpc) is 3.85. The molecule has 0 saturated carbocycles. The number of aromatic nitrogens is 4. The van der Waals surface area contributed by atoms with Gasteiger partial charge in [0.25, 0.3) is 0 Å². The fourth-order valence-electron chi connectivity index (χ4n) is 8.46. The average molecular weight is 733 g/mol. The van der Waals surface area contributed by atoms with Crippen LogP contribution in [0.1, 0.15) is 0 Å². The van der Waals surface area contributed by atoms with Crippen LogP contribution in [0.3, 0.4) is 0 Å². The molecule has 0 aliphatic rings. The molecule has 5 heteroatoms. The molecule has 8 aromatic carbocycles. The molecule has 4 nitrogen and oxygen atoms in total. The topological polar surface area (TPSA) is 54.5 Å². The number of rotatable bonds is 6. The van der Waals surface area contributed by atoms with Crippen LogP contribution < -0.4 is 0 Å². The maximum Gasteiger partial charge on any atom is 0.105 e. The van der Waals surface area contributed by atoms with Gasteiger partial charge >= 0.3 is 0 Å². The summed E-state index contributed by atoms with van der Waals surface area (Å²) in [6, 6.07) is 66.9. The van der Waals surface area contributed by atoms with Gasteiger partial charge in [0.05, 0.1) is 5.52 Å². The van der Waals surface area contributed by atoms with Crippen molar-refractivity contribution >= 4 is 53.3 Å². The summed E-state index contributed by atoms with van der Waals surface area (Å²) < 4.78 is 2.45. The maximum atomic E-state index is 5.05. The quantitative estimate of drug-likeness (QED) is 0.185. The number of thiophene rings is 1. The third-order valence-corrected chi connectivity index (χ3v) is 12.0. The highest BCUT2D eigenvalue weighted by molar-refractivity contribution is 7.25. The fraction of sp³-hybridized carbons (Fsp3) is 0. The van der Waals surface area contributed by atoms with Gasteiger partial charge in [-0.05, 0) is 45.7 Å². The Kier molecular flexibility index (Phi) is 7.64. The first-order valence-electron chi connectivity index (χ1n) is 18.8. The number of fused-ring (bicyclic) bond motifs is 6. The predicted octanol–water partition coefficient (Wildman–Crippen LogP) is 13.9. The summed E-state index contributed by atoms with van der Waals surface area (Å²) in [5, 5.41) is 19.3. The van der Waals surface area contributed by atoms with Gasteiger partial charge in [-0.3, -0.25) is 0 Å². The van der Waals surface area contributed by atoms with Crippen LogP contribution in [0, 0.1) is 0 Å². The molecule has 0 saturated heterocycles. The van der Waals surface area contributed by atoms with Gasteiger partial charge in [-0.15, -0.1) is 21.5 Å². The van der Waals surface area contributed by atoms with E-state index in [1.807, 2.05) is 17.4 Å². The van der Waals surface area contributed by atoms with Crippen molar-refractivity contribution < 1.29 is 0 Å². The van der Waals surface area contributed by atoms with Gasteiger partial charge in [-0.25, -0.2) is 0 Å². The lowest BCUT2D eigenvalue weighted by Crippen LogP contribution is -2.04. The van der Waals surface area contributed by atoms with E-state index in [2.05, 4.69) is 192 Å². The van der Waals surface area contributed by atoms with E-state index in [-0.39, 0.29) is 0 Å². The summed E-state index contributed by atoms with van der Waals surface area (Å²) in [5.74, 6) is 0. The van der Waals surface area contributed by atoms with Crippen molar-refractivity contribution in [3.05, 3.63) is 188 Å². The van der Waals surface area contributed by atoms with Gasteiger partial charge in [0, 0.05) is 69.8 Å². The summed E-state index contributed by atoms with van der Waals surface area (Å²) in [6.07, 6.45) is 0. The lowest BCUT2D eigenvalue weighted by atomic mass is 9.80. The van der Waals surface area contributed by atoms with Crippen LogP contribution in [-0.4, -0.2) is 20.4 Å². The van der Waals surface area contributed by atoms with Crippen LogP contribution in [0.2, 0.25) is 0 Å². The monoisotopic (exact) mass is 732 g/mol. The molecule has 0 aliphatic carbocycles. The molecule has 11 rings (SSSR count). The number of nitrogens with one attached hydrogen (secondary N) is 1. The molecular formula is C51H32N4S. The minimum absolute atomic E-state index is 0.777. The first-order chi connectivity index (χ1) is 27.8. The second-order valence-corrected chi connectivity index (χ2v) is 15.1. The number of para-hydroxylation sites is 2. The van der Waals surface area contributed by atoms with Crippen molar-refractivity contribution in [1.29, 1.82) is 0 Å². The van der Waals surface area contributed by atoms with Crippen LogP contribution in [0.15, 0.2) is 188 Å². The summed E-state index contributed by atoms with van der Waals surface area (Å²) in [7, 11) is 0. The van der Waals surface area contributed by atoms with E-state index in [0.717, 1.165) is 78.1 Å². The molecule has 0 radical (unpaired) electrons. The number of aromatic amines is 1. The maximum absolute atomic E-state index is 5.05. The molecular weight excluding hydrogens is 701 g/mol. The van der Waals surface area contributed by atoms with E-state index in [1.165, 1.54) is 30.9 Å². The second kappa shape index (κ2) is 13.3. The molecule has 0 aliphatic heterocycles. The molecule has 0 unspecified atom stereocenters. The lowest BCUT2D eigenvalue weighted by molar-refractivity contribution is 0.879. The zero-order chi connectivity index (χ0) is 37.0. The highest BCUT2D eigenvalue weighted by atomic mass is 32.1. The van der Waals surface area contributed by atoms with Gasteiger partial charge in [0.1, 0.15) is 11.4 Å². The number of benzene rings is 8. The molecule has 56 heavy (non-hydrogen) atoms. The number of hydrogen-bond donors (Lipinski definition) is 1. The van der Waals surface area contributed by atoms with Gasteiger partial charge in [-0.2, -0.15) is 0 Å². The van der Waals surface area contributed by atoms with E-state index >= 15 is 0 Å². The summed E-state index contributed by atoms with van der Waals surface area (Å²) in [5.41, 5.74) is 14.4. The largest absolute Gasteiger partial charge is 0.354 e. The van der Waals surface area contributed by atoms with Crippen molar-refractivity contribution in [2.24, 2.45) is 0 Å². The molecule has 0 bridgehead atoms. The third kappa shape index (κ3) is 5.17. The molecule has 262 valence electrons. The fourth-order valence-corrected chi connectivity index (χ4v) is 9.59. The normalized spacial score (nSPS) is 11.6. The molecule has 11 aromatic rings. The Morgan fingerprint density at radius 2 is 0.911 bits per heavy atom. The van der Waals surface area contributed by atoms with E-state index in [4.69, 9.17) is 10.2 Å². The number of nitrogens with zero attached hydrogens (tertiary/aromatic N) is 3. The van der Waals surface area contributed by atoms with Crippen LogP contribution in [0.5, 0.6) is 0 Å². The van der Waals surface area contributed by atoms with Gasteiger partial charge < -0.3 is 4.98 Å². The van der Waals surface area contributed by atoms with E-state index in [9.17, 15) is 0 Å². The first kappa shape index (κ1) is 32.2. The predicted molar refractivity (Wildman–Crippen MR) is 235 cm³/mol. The first-order valence-corrected chi connectivity index (χ1v) is 19.6. The van der Waals surface area contributed by atoms with Gasteiger partial charge in [0.15, 0.2) is 0 Å². The Bertz CT molecular complexity index is 3240.